The molecule has 0 aliphatic rings. The first kappa shape index (κ1) is 21.5. The van der Waals surface area contributed by atoms with Crippen LogP contribution in [0.1, 0.15) is 27.7 Å². The number of likely N-dealkylation sites (N-methyl/N-ethyl adjacent to an activating group) is 3. The van der Waals surface area contributed by atoms with E-state index >= 15 is 0 Å². The largest absolute Gasteiger partial charge is 0.313 e. The van der Waals surface area contributed by atoms with Gasteiger partial charge in [-0.25, -0.2) is 0 Å². The van der Waals surface area contributed by atoms with Crippen LogP contribution in [-0.4, -0.2) is 93.5 Å². The second-order valence-corrected chi connectivity index (χ2v) is 7.07. The summed E-state index contributed by atoms with van der Waals surface area (Å²) in [5, 5.41) is 3.44. The van der Waals surface area contributed by atoms with Crippen LogP contribution in [0.4, 0.5) is 0 Å². The lowest BCUT2D eigenvalue weighted by molar-refractivity contribution is -0.122. The van der Waals surface area contributed by atoms with Crippen LogP contribution in [0.25, 0.3) is 0 Å². The van der Waals surface area contributed by atoms with Crippen molar-refractivity contribution in [3.05, 3.63) is 0 Å². The van der Waals surface area contributed by atoms with E-state index in [0.717, 1.165) is 39.3 Å². The fourth-order valence-electron chi connectivity index (χ4n) is 1.98. The molecule has 0 aliphatic heterocycles. The van der Waals surface area contributed by atoms with E-state index in [9.17, 15) is 4.79 Å². The molecule has 22 heavy (non-hydrogen) atoms. The number of hydrogen-bond donors (Lipinski definition) is 1. The summed E-state index contributed by atoms with van der Waals surface area (Å²) in [6.45, 7) is 15.0. The number of ketones is 1. The van der Waals surface area contributed by atoms with Crippen molar-refractivity contribution in [2.45, 2.75) is 33.7 Å². The van der Waals surface area contributed by atoms with Crippen LogP contribution in [0.15, 0.2) is 0 Å². The van der Waals surface area contributed by atoms with Crippen molar-refractivity contribution in [3.63, 3.8) is 0 Å². The average Bonchev–Trinajstić information content (AvgIpc) is 2.42. The zero-order valence-electron chi connectivity index (χ0n) is 15.9. The van der Waals surface area contributed by atoms with Gasteiger partial charge in [0.1, 0.15) is 5.78 Å². The fourth-order valence-corrected chi connectivity index (χ4v) is 1.98. The molecule has 0 saturated heterocycles. The molecular weight excluding hydrogens is 276 g/mol. The van der Waals surface area contributed by atoms with Crippen molar-refractivity contribution in [2.75, 3.05) is 67.0 Å². The molecule has 0 radical (unpaired) electrons. The van der Waals surface area contributed by atoms with E-state index in [1.807, 2.05) is 20.9 Å². The van der Waals surface area contributed by atoms with E-state index < -0.39 is 0 Å². The molecule has 1 N–H and O–H groups in total. The number of Topliss-reactive ketones (excluding diaryl/α,β-unsaturated/α-hetero) is 1. The van der Waals surface area contributed by atoms with Gasteiger partial charge in [0, 0.05) is 51.2 Å². The lowest BCUT2D eigenvalue weighted by Gasteiger charge is -2.24. The molecule has 0 aromatic carbocycles. The minimum absolute atomic E-state index is 0.133. The average molecular weight is 315 g/mol. The van der Waals surface area contributed by atoms with E-state index in [0.29, 0.717) is 18.4 Å². The summed E-state index contributed by atoms with van der Waals surface area (Å²) in [6, 6.07) is 0.556. The summed E-state index contributed by atoms with van der Waals surface area (Å²) >= 11 is 0. The van der Waals surface area contributed by atoms with Gasteiger partial charge in [-0.1, -0.05) is 27.7 Å². The third kappa shape index (κ3) is 12.1. The highest BCUT2D eigenvalue weighted by molar-refractivity contribution is 5.82. The van der Waals surface area contributed by atoms with Crippen LogP contribution in [-0.2, 0) is 4.79 Å². The van der Waals surface area contributed by atoms with Crippen molar-refractivity contribution in [3.8, 4) is 0 Å². The van der Waals surface area contributed by atoms with Crippen molar-refractivity contribution in [2.24, 2.45) is 5.92 Å². The zero-order chi connectivity index (χ0) is 17.1. The molecule has 132 valence electrons. The van der Waals surface area contributed by atoms with Crippen molar-refractivity contribution < 1.29 is 4.79 Å². The molecule has 0 atom stereocenters. The standard InChI is InChI=1S/C17H38N4O/c1-15(2)17(22)14-21(7)13-12-20(6)11-10-19(5)9-8-18-16(3)4/h15-16,18H,8-14H2,1-7H3. The van der Waals surface area contributed by atoms with Crippen molar-refractivity contribution >= 4 is 5.78 Å². The molecule has 0 aromatic heterocycles. The van der Waals surface area contributed by atoms with Crippen LogP contribution >= 0.6 is 0 Å². The van der Waals surface area contributed by atoms with Crippen LogP contribution in [0.5, 0.6) is 0 Å². The maximum absolute atomic E-state index is 11.7. The van der Waals surface area contributed by atoms with Crippen molar-refractivity contribution in [1.82, 2.24) is 20.0 Å². The van der Waals surface area contributed by atoms with Crippen LogP contribution in [0.2, 0.25) is 0 Å². The van der Waals surface area contributed by atoms with E-state index in [1.54, 1.807) is 0 Å². The number of hydrogen-bond acceptors (Lipinski definition) is 5. The number of rotatable bonds is 13. The predicted molar refractivity (Wildman–Crippen MR) is 95.5 cm³/mol. The highest BCUT2D eigenvalue weighted by atomic mass is 16.1. The van der Waals surface area contributed by atoms with Gasteiger partial charge >= 0.3 is 0 Å². The van der Waals surface area contributed by atoms with E-state index in [1.165, 1.54) is 0 Å². The number of nitrogens with one attached hydrogen (secondary N) is 1. The molecule has 0 unspecified atom stereocenters. The second-order valence-electron chi connectivity index (χ2n) is 7.07. The van der Waals surface area contributed by atoms with Gasteiger partial charge in [0.05, 0.1) is 6.54 Å². The van der Waals surface area contributed by atoms with Gasteiger partial charge in [0.2, 0.25) is 0 Å². The van der Waals surface area contributed by atoms with Crippen LogP contribution < -0.4 is 5.32 Å². The Kier molecular flexibility index (Phi) is 11.7. The number of carbonyl (C=O) groups is 1. The Hall–Kier alpha value is -0.490. The molecule has 0 spiro atoms. The van der Waals surface area contributed by atoms with E-state index in [2.05, 4.69) is 48.0 Å². The maximum atomic E-state index is 11.7. The number of nitrogens with zero attached hydrogens (tertiary/aromatic N) is 3. The molecule has 0 aliphatic carbocycles. The van der Waals surface area contributed by atoms with Gasteiger partial charge < -0.3 is 15.1 Å². The Bertz CT molecular complexity index is 294. The van der Waals surface area contributed by atoms with Gasteiger partial charge in [0.15, 0.2) is 0 Å². The maximum Gasteiger partial charge on any atom is 0.149 e. The number of carbonyl (C=O) groups excluding carboxylic acids is 1. The first-order valence-electron chi connectivity index (χ1n) is 8.54. The first-order chi connectivity index (χ1) is 10.2. The third-order valence-electron chi connectivity index (χ3n) is 3.84. The van der Waals surface area contributed by atoms with Gasteiger partial charge in [-0.15, -0.1) is 0 Å². The minimum Gasteiger partial charge on any atom is -0.313 e. The third-order valence-corrected chi connectivity index (χ3v) is 3.84. The topological polar surface area (TPSA) is 38.8 Å². The Balaban J connectivity index is 3.72. The van der Waals surface area contributed by atoms with Crippen LogP contribution in [0, 0.1) is 5.92 Å². The van der Waals surface area contributed by atoms with Gasteiger partial charge in [-0.05, 0) is 21.1 Å². The summed E-state index contributed by atoms with van der Waals surface area (Å²) < 4.78 is 0. The zero-order valence-corrected chi connectivity index (χ0v) is 15.9. The molecule has 5 nitrogen and oxygen atoms in total. The Morgan fingerprint density at radius 3 is 1.73 bits per heavy atom. The summed E-state index contributed by atoms with van der Waals surface area (Å²) in [6.07, 6.45) is 0. The molecule has 0 aromatic rings. The molecule has 0 saturated carbocycles. The molecule has 0 amide bonds. The SMILES string of the molecule is CC(C)NCCN(C)CCN(C)CCN(C)CC(=O)C(C)C. The second kappa shape index (κ2) is 12.0. The summed E-state index contributed by atoms with van der Waals surface area (Å²) in [5.41, 5.74) is 0. The van der Waals surface area contributed by atoms with Gasteiger partial charge in [-0.2, -0.15) is 0 Å². The summed E-state index contributed by atoms with van der Waals surface area (Å²) in [4.78, 5) is 18.5. The Morgan fingerprint density at radius 2 is 1.27 bits per heavy atom. The molecule has 0 bridgehead atoms. The normalized spacial score (nSPS) is 12.4. The van der Waals surface area contributed by atoms with E-state index in [-0.39, 0.29) is 5.92 Å². The van der Waals surface area contributed by atoms with E-state index in [4.69, 9.17) is 0 Å². The van der Waals surface area contributed by atoms with Gasteiger partial charge in [-0.3, -0.25) is 9.69 Å². The lowest BCUT2D eigenvalue weighted by Crippen LogP contribution is -2.39. The quantitative estimate of drug-likeness (QED) is 0.549. The van der Waals surface area contributed by atoms with Crippen molar-refractivity contribution in [1.29, 1.82) is 0 Å². The Labute approximate surface area is 138 Å². The lowest BCUT2D eigenvalue weighted by atomic mass is 10.1. The molecule has 0 rings (SSSR count). The van der Waals surface area contributed by atoms with Gasteiger partial charge in [0.25, 0.3) is 0 Å². The minimum atomic E-state index is 0.133. The molecule has 0 fully saturated rings. The monoisotopic (exact) mass is 314 g/mol. The fraction of sp³-hybridized carbons (Fsp3) is 0.941. The Morgan fingerprint density at radius 1 is 0.818 bits per heavy atom. The molecule has 0 heterocycles. The predicted octanol–water partition coefficient (Wildman–Crippen LogP) is 1.00. The molecular formula is C17H38N4O. The summed E-state index contributed by atoms with van der Waals surface area (Å²) in [7, 11) is 6.35. The summed E-state index contributed by atoms with van der Waals surface area (Å²) in [5.74, 6) is 0.454. The van der Waals surface area contributed by atoms with Crippen LogP contribution in [0.3, 0.4) is 0 Å². The highest BCUT2D eigenvalue weighted by Gasteiger charge is 2.11. The smallest absolute Gasteiger partial charge is 0.149 e. The molecule has 5 heteroatoms. The first-order valence-corrected chi connectivity index (χ1v) is 8.54. The highest BCUT2D eigenvalue weighted by Crippen LogP contribution is 1.96.